The number of fused-ring (bicyclic) bond motifs is 1. The summed E-state index contributed by atoms with van der Waals surface area (Å²) >= 11 is 0. The van der Waals surface area contributed by atoms with Crippen LogP contribution in [0.4, 0.5) is 0 Å². The van der Waals surface area contributed by atoms with Gasteiger partial charge in [0.25, 0.3) is 11.8 Å². The summed E-state index contributed by atoms with van der Waals surface area (Å²) in [7, 11) is 4.17. The van der Waals surface area contributed by atoms with Crippen LogP contribution < -0.4 is 11.1 Å². The monoisotopic (exact) mass is 437 g/mol. The van der Waals surface area contributed by atoms with Crippen LogP contribution in [0.15, 0.2) is 24.4 Å². The first-order valence-electron chi connectivity index (χ1n) is 12.0. The summed E-state index contributed by atoms with van der Waals surface area (Å²) < 4.78 is 1.67. The van der Waals surface area contributed by atoms with Crippen molar-refractivity contribution < 1.29 is 9.59 Å². The number of rotatable bonds is 8. The molecule has 2 heterocycles. The summed E-state index contributed by atoms with van der Waals surface area (Å²) in [6.45, 7) is 0.943. The third kappa shape index (κ3) is 4.15. The zero-order valence-electron chi connectivity index (χ0n) is 19.2. The third-order valence-electron chi connectivity index (χ3n) is 8.08. The Morgan fingerprint density at radius 2 is 1.84 bits per heavy atom. The fourth-order valence-electron chi connectivity index (χ4n) is 7.28. The average Bonchev–Trinajstić information content (AvgIpc) is 3.15. The van der Waals surface area contributed by atoms with Crippen LogP contribution in [0.5, 0.6) is 0 Å². The highest BCUT2D eigenvalue weighted by atomic mass is 16.2. The molecule has 2 amide bonds. The molecule has 2 aromatic rings. The van der Waals surface area contributed by atoms with Crippen LogP contribution in [0.2, 0.25) is 0 Å². The lowest BCUT2D eigenvalue weighted by molar-refractivity contribution is -0.0621. The van der Waals surface area contributed by atoms with Crippen molar-refractivity contribution in [3.05, 3.63) is 35.8 Å². The predicted octanol–water partition coefficient (Wildman–Crippen LogP) is 3.09. The molecule has 32 heavy (non-hydrogen) atoms. The summed E-state index contributed by atoms with van der Waals surface area (Å²) in [5.74, 6) is 2.00. The van der Waals surface area contributed by atoms with E-state index in [2.05, 4.69) is 29.3 Å². The van der Waals surface area contributed by atoms with Gasteiger partial charge in [0.1, 0.15) is 17.0 Å². The second-order valence-electron chi connectivity index (χ2n) is 11.0. The molecular formula is C25H35N5O2. The number of imidazole rings is 1. The first kappa shape index (κ1) is 21.4. The van der Waals surface area contributed by atoms with E-state index in [4.69, 9.17) is 5.73 Å². The number of carbonyl (C=O) groups excluding carboxylic acids is 2. The van der Waals surface area contributed by atoms with E-state index in [0.29, 0.717) is 16.8 Å². The lowest BCUT2D eigenvalue weighted by Crippen LogP contribution is -2.50. The zero-order chi connectivity index (χ0) is 22.5. The summed E-state index contributed by atoms with van der Waals surface area (Å²) in [5.41, 5.74) is 7.01. The molecule has 172 valence electrons. The van der Waals surface area contributed by atoms with Crippen molar-refractivity contribution in [3.63, 3.8) is 0 Å². The first-order chi connectivity index (χ1) is 15.3. The topological polar surface area (TPSA) is 92.7 Å². The van der Waals surface area contributed by atoms with Gasteiger partial charge < -0.3 is 16.0 Å². The fraction of sp³-hybridized carbons (Fsp3) is 0.640. The molecule has 4 fully saturated rings. The van der Waals surface area contributed by atoms with Crippen molar-refractivity contribution in [2.75, 3.05) is 20.6 Å². The average molecular weight is 438 g/mol. The van der Waals surface area contributed by atoms with Crippen molar-refractivity contribution in [2.45, 2.75) is 57.4 Å². The van der Waals surface area contributed by atoms with E-state index in [1.54, 1.807) is 28.8 Å². The zero-order valence-corrected chi connectivity index (χ0v) is 19.2. The highest BCUT2D eigenvalue weighted by Crippen LogP contribution is 2.61. The van der Waals surface area contributed by atoms with Gasteiger partial charge in [0, 0.05) is 12.2 Å². The summed E-state index contributed by atoms with van der Waals surface area (Å²) in [6, 6.07) is 5.50. The van der Waals surface area contributed by atoms with Crippen LogP contribution in [0.3, 0.4) is 0 Å². The van der Waals surface area contributed by atoms with Gasteiger partial charge in [-0.1, -0.05) is 6.07 Å². The molecule has 0 saturated heterocycles. The molecule has 4 bridgehead atoms. The Morgan fingerprint density at radius 3 is 2.44 bits per heavy atom. The van der Waals surface area contributed by atoms with Gasteiger partial charge in [-0.25, -0.2) is 4.98 Å². The smallest absolute Gasteiger partial charge is 0.268 e. The number of nitrogens with two attached hydrogens (primary N) is 1. The standard InChI is InChI=1S/C25H35N5O2/c1-29(2)7-6-19(14-25-11-16-8-17(12-25)10-18(9-16)13-25)27-24(32)21-4-3-5-22-28-20(23(26)31)15-30(21)22/h3-5,15-19H,6-14H2,1-2H3,(H2,26,31)(H,27,32). The molecule has 7 nitrogen and oxygen atoms in total. The molecule has 4 saturated carbocycles. The Labute approximate surface area is 189 Å². The Morgan fingerprint density at radius 1 is 1.19 bits per heavy atom. The van der Waals surface area contributed by atoms with Crippen LogP contribution in [-0.2, 0) is 0 Å². The van der Waals surface area contributed by atoms with E-state index in [-0.39, 0.29) is 17.6 Å². The van der Waals surface area contributed by atoms with Crippen molar-refractivity contribution >= 4 is 17.5 Å². The second-order valence-corrected chi connectivity index (χ2v) is 11.0. The molecule has 7 heteroatoms. The summed E-state index contributed by atoms with van der Waals surface area (Å²) in [4.78, 5) is 31.4. The van der Waals surface area contributed by atoms with Crippen molar-refractivity contribution in [1.82, 2.24) is 19.6 Å². The van der Waals surface area contributed by atoms with Gasteiger partial charge in [-0.2, -0.15) is 0 Å². The molecule has 0 aromatic carbocycles. The van der Waals surface area contributed by atoms with Gasteiger partial charge in [-0.05, 0) is 107 Å². The van der Waals surface area contributed by atoms with Crippen LogP contribution in [0.25, 0.3) is 5.65 Å². The van der Waals surface area contributed by atoms with Crippen LogP contribution in [0, 0.1) is 23.2 Å². The third-order valence-corrected chi connectivity index (χ3v) is 8.08. The predicted molar refractivity (Wildman–Crippen MR) is 123 cm³/mol. The van der Waals surface area contributed by atoms with Crippen LogP contribution in [-0.4, -0.2) is 52.8 Å². The van der Waals surface area contributed by atoms with Gasteiger partial charge in [-0.15, -0.1) is 0 Å². The fourth-order valence-corrected chi connectivity index (χ4v) is 7.28. The molecule has 2 aromatic heterocycles. The van der Waals surface area contributed by atoms with Crippen molar-refractivity contribution in [2.24, 2.45) is 28.9 Å². The van der Waals surface area contributed by atoms with Gasteiger partial charge >= 0.3 is 0 Å². The van der Waals surface area contributed by atoms with E-state index in [9.17, 15) is 9.59 Å². The Bertz CT molecular complexity index is 991. The van der Waals surface area contributed by atoms with E-state index < -0.39 is 5.91 Å². The van der Waals surface area contributed by atoms with E-state index in [1.165, 1.54) is 38.5 Å². The Hall–Kier alpha value is -2.41. The molecule has 1 atom stereocenters. The first-order valence-corrected chi connectivity index (χ1v) is 12.0. The molecule has 1 unspecified atom stereocenters. The summed E-state index contributed by atoms with van der Waals surface area (Å²) in [6.07, 6.45) is 11.9. The maximum absolute atomic E-state index is 13.4. The van der Waals surface area contributed by atoms with Crippen molar-refractivity contribution in [3.8, 4) is 0 Å². The number of carbonyl (C=O) groups is 2. The lowest BCUT2D eigenvalue weighted by Gasteiger charge is -2.57. The Kier molecular flexibility index (Phi) is 5.48. The van der Waals surface area contributed by atoms with E-state index in [1.807, 2.05) is 0 Å². The SMILES string of the molecule is CN(C)CCC(CC12CC3CC(CC(C3)C1)C2)NC(=O)c1cccc2nc(C(N)=O)cn12. The maximum atomic E-state index is 13.4. The minimum absolute atomic E-state index is 0.113. The number of hydrogen-bond donors (Lipinski definition) is 2. The molecule has 4 aliphatic carbocycles. The lowest BCUT2D eigenvalue weighted by atomic mass is 9.48. The minimum Gasteiger partial charge on any atom is -0.364 e. The van der Waals surface area contributed by atoms with Gasteiger partial charge in [0.05, 0.1) is 0 Å². The van der Waals surface area contributed by atoms with E-state index in [0.717, 1.165) is 37.1 Å². The number of hydrogen-bond acceptors (Lipinski definition) is 4. The number of nitrogens with one attached hydrogen (secondary N) is 1. The van der Waals surface area contributed by atoms with Gasteiger partial charge in [-0.3, -0.25) is 14.0 Å². The number of nitrogens with zero attached hydrogens (tertiary/aromatic N) is 3. The quantitative estimate of drug-likeness (QED) is 0.664. The number of aromatic nitrogens is 2. The molecule has 0 radical (unpaired) electrons. The molecule has 6 rings (SSSR count). The minimum atomic E-state index is -0.592. The normalized spacial score (nSPS) is 29.5. The number of amides is 2. The molecule has 0 spiro atoms. The molecule has 0 aliphatic heterocycles. The maximum Gasteiger partial charge on any atom is 0.268 e. The van der Waals surface area contributed by atoms with Gasteiger partial charge in [0.2, 0.25) is 0 Å². The molecule has 3 N–H and O–H groups in total. The van der Waals surface area contributed by atoms with Crippen LogP contribution in [0.1, 0.15) is 72.3 Å². The van der Waals surface area contributed by atoms with Gasteiger partial charge in [0.15, 0.2) is 0 Å². The Balaban J connectivity index is 1.37. The highest BCUT2D eigenvalue weighted by Gasteiger charge is 2.51. The number of primary amides is 1. The molecule has 4 aliphatic rings. The largest absolute Gasteiger partial charge is 0.364 e. The number of pyridine rings is 1. The summed E-state index contributed by atoms with van der Waals surface area (Å²) in [5, 5.41) is 3.36. The highest BCUT2D eigenvalue weighted by molar-refractivity contribution is 5.95. The molecular weight excluding hydrogens is 402 g/mol. The van der Waals surface area contributed by atoms with E-state index >= 15 is 0 Å². The van der Waals surface area contributed by atoms with Crippen molar-refractivity contribution in [1.29, 1.82) is 0 Å². The second kappa shape index (κ2) is 8.18. The van der Waals surface area contributed by atoms with Crippen LogP contribution >= 0.6 is 0 Å².